The standard InChI is InChI=1S/C12H15F3N2O3/c1-20-6-8(18)2-3-16-12(19)17-7-4-9(13)11(15)10(14)5-7/h4-5,8,18H,2-3,6H2,1H3,(H2,16,17,19). The molecule has 0 bridgehead atoms. The highest BCUT2D eigenvalue weighted by atomic mass is 19.2. The fourth-order valence-electron chi connectivity index (χ4n) is 1.43. The molecule has 1 atom stereocenters. The summed E-state index contributed by atoms with van der Waals surface area (Å²) in [5, 5.41) is 13.8. The average molecular weight is 292 g/mol. The second-order valence-corrected chi connectivity index (χ2v) is 4.03. The predicted molar refractivity (Wildman–Crippen MR) is 65.8 cm³/mol. The van der Waals surface area contributed by atoms with Crippen LogP contribution in [0.5, 0.6) is 0 Å². The largest absolute Gasteiger partial charge is 0.391 e. The Hall–Kier alpha value is -1.80. The van der Waals surface area contributed by atoms with Gasteiger partial charge in [-0.1, -0.05) is 0 Å². The van der Waals surface area contributed by atoms with E-state index in [2.05, 4.69) is 10.6 Å². The van der Waals surface area contributed by atoms with E-state index in [4.69, 9.17) is 4.74 Å². The monoisotopic (exact) mass is 292 g/mol. The number of amides is 2. The lowest BCUT2D eigenvalue weighted by Crippen LogP contribution is -2.32. The topological polar surface area (TPSA) is 70.6 Å². The molecule has 5 nitrogen and oxygen atoms in total. The lowest BCUT2D eigenvalue weighted by atomic mass is 10.2. The molecule has 0 aromatic heterocycles. The zero-order valence-corrected chi connectivity index (χ0v) is 10.8. The Morgan fingerprint density at radius 3 is 2.50 bits per heavy atom. The number of methoxy groups -OCH3 is 1. The Morgan fingerprint density at radius 1 is 1.35 bits per heavy atom. The molecule has 2 amide bonds. The van der Waals surface area contributed by atoms with E-state index in [1.54, 1.807) is 0 Å². The highest BCUT2D eigenvalue weighted by Gasteiger charge is 2.12. The maximum Gasteiger partial charge on any atom is 0.319 e. The van der Waals surface area contributed by atoms with Crippen molar-refractivity contribution in [3.05, 3.63) is 29.6 Å². The maximum absolute atomic E-state index is 12.9. The number of ether oxygens (including phenoxy) is 1. The molecular weight excluding hydrogens is 277 g/mol. The van der Waals surface area contributed by atoms with Gasteiger partial charge in [0.15, 0.2) is 17.5 Å². The fraction of sp³-hybridized carbons (Fsp3) is 0.417. The Morgan fingerprint density at radius 2 is 1.95 bits per heavy atom. The predicted octanol–water partition coefficient (Wildman–Crippen LogP) is 1.62. The molecular formula is C12H15F3N2O3. The number of hydrogen-bond donors (Lipinski definition) is 3. The number of benzene rings is 1. The van der Waals surface area contributed by atoms with Gasteiger partial charge in [-0.3, -0.25) is 0 Å². The number of carbonyl (C=O) groups excluding carboxylic acids is 1. The van der Waals surface area contributed by atoms with Crippen molar-refractivity contribution >= 4 is 11.7 Å². The van der Waals surface area contributed by atoms with Gasteiger partial charge >= 0.3 is 6.03 Å². The average Bonchev–Trinajstić information content (AvgIpc) is 2.36. The number of urea groups is 1. The van der Waals surface area contributed by atoms with Gasteiger partial charge in [-0.25, -0.2) is 18.0 Å². The summed E-state index contributed by atoms with van der Waals surface area (Å²) in [6, 6.07) is 0.607. The third-order valence-electron chi connectivity index (χ3n) is 2.36. The number of aliphatic hydroxyl groups excluding tert-OH is 1. The molecule has 1 unspecified atom stereocenters. The first kappa shape index (κ1) is 16.3. The summed E-state index contributed by atoms with van der Waals surface area (Å²) >= 11 is 0. The fourth-order valence-corrected chi connectivity index (χ4v) is 1.43. The van der Waals surface area contributed by atoms with Crippen LogP contribution in [0.25, 0.3) is 0 Å². The number of carbonyl (C=O) groups is 1. The molecule has 0 spiro atoms. The van der Waals surface area contributed by atoms with Gasteiger partial charge in [0.1, 0.15) is 0 Å². The SMILES string of the molecule is COCC(O)CCNC(=O)Nc1cc(F)c(F)c(F)c1. The van der Waals surface area contributed by atoms with Crippen molar-refractivity contribution in [2.75, 3.05) is 25.6 Å². The molecule has 1 aromatic rings. The lowest BCUT2D eigenvalue weighted by Gasteiger charge is -2.11. The molecule has 3 N–H and O–H groups in total. The van der Waals surface area contributed by atoms with Crippen molar-refractivity contribution in [1.82, 2.24) is 5.32 Å². The second kappa shape index (κ2) is 7.71. The number of halogens is 3. The summed E-state index contributed by atoms with van der Waals surface area (Å²) in [4.78, 5) is 11.4. The third-order valence-corrected chi connectivity index (χ3v) is 2.36. The Balaban J connectivity index is 2.43. The number of nitrogens with one attached hydrogen (secondary N) is 2. The highest BCUT2D eigenvalue weighted by Crippen LogP contribution is 2.17. The van der Waals surface area contributed by atoms with Gasteiger partial charge in [0, 0.05) is 31.5 Å². The zero-order chi connectivity index (χ0) is 15.1. The van der Waals surface area contributed by atoms with Gasteiger partial charge in [0.05, 0.1) is 12.7 Å². The molecule has 1 aromatic carbocycles. The molecule has 0 heterocycles. The lowest BCUT2D eigenvalue weighted by molar-refractivity contribution is 0.0599. The quantitative estimate of drug-likeness (QED) is 0.698. The molecule has 0 saturated heterocycles. The first-order valence-corrected chi connectivity index (χ1v) is 5.80. The van der Waals surface area contributed by atoms with Crippen molar-refractivity contribution < 1.29 is 27.8 Å². The second-order valence-electron chi connectivity index (χ2n) is 4.03. The Bertz CT molecular complexity index is 448. The summed E-state index contributed by atoms with van der Waals surface area (Å²) in [7, 11) is 1.43. The van der Waals surface area contributed by atoms with E-state index in [0.717, 1.165) is 0 Å². The molecule has 0 aliphatic carbocycles. The van der Waals surface area contributed by atoms with Crippen LogP contribution in [0.1, 0.15) is 6.42 Å². The van der Waals surface area contributed by atoms with Gasteiger partial charge in [0.2, 0.25) is 0 Å². The van der Waals surface area contributed by atoms with E-state index in [1.807, 2.05) is 0 Å². The molecule has 0 saturated carbocycles. The van der Waals surface area contributed by atoms with Gasteiger partial charge in [0.25, 0.3) is 0 Å². The van der Waals surface area contributed by atoms with Crippen molar-refractivity contribution in [3.8, 4) is 0 Å². The summed E-state index contributed by atoms with van der Waals surface area (Å²) < 4.78 is 43.2. The molecule has 20 heavy (non-hydrogen) atoms. The third kappa shape index (κ3) is 5.06. The van der Waals surface area contributed by atoms with Crippen LogP contribution in [0, 0.1) is 17.5 Å². The van der Waals surface area contributed by atoms with Crippen LogP contribution in [0.4, 0.5) is 23.7 Å². The highest BCUT2D eigenvalue weighted by molar-refractivity contribution is 5.89. The number of anilines is 1. The molecule has 0 aliphatic rings. The molecule has 8 heteroatoms. The molecule has 1 rings (SSSR count). The number of rotatable bonds is 6. The Labute approximate surface area is 113 Å². The van der Waals surface area contributed by atoms with Crippen LogP contribution in [-0.4, -0.2) is 37.5 Å². The molecule has 0 radical (unpaired) electrons. The molecule has 0 fully saturated rings. The van der Waals surface area contributed by atoms with E-state index in [9.17, 15) is 23.1 Å². The summed E-state index contributed by atoms with van der Waals surface area (Å²) in [6.07, 6.45) is -0.464. The first-order chi connectivity index (χ1) is 9.43. The summed E-state index contributed by atoms with van der Waals surface area (Å²) in [6.45, 7) is 0.278. The minimum Gasteiger partial charge on any atom is -0.391 e. The van der Waals surface area contributed by atoms with Crippen molar-refractivity contribution in [2.45, 2.75) is 12.5 Å². The molecule has 112 valence electrons. The van der Waals surface area contributed by atoms with Crippen LogP contribution in [0.3, 0.4) is 0 Å². The number of aliphatic hydroxyl groups is 1. The number of hydrogen-bond acceptors (Lipinski definition) is 3. The van der Waals surface area contributed by atoms with E-state index in [0.29, 0.717) is 12.1 Å². The zero-order valence-electron chi connectivity index (χ0n) is 10.8. The van der Waals surface area contributed by atoms with Crippen LogP contribution in [0.2, 0.25) is 0 Å². The summed E-state index contributed by atoms with van der Waals surface area (Å²) in [5.41, 5.74) is -0.212. The van der Waals surface area contributed by atoms with E-state index in [1.165, 1.54) is 7.11 Å². The van der Waals surface area contributed by atoms with Crippen molar-refractivity contribution in [2.24, 2.45) is 0 Å². The van der Waals surface area contributed by atoms with Crippen LogP contribution >= 0.6 is 0 Å². The van der Waals surface area contributed by atoms with Gasteiger partial charge in [-0.15, -0.1) is 0 Å². The Kier molecular flexibility index (Phi) is 6.26. The maximum atomic E-state index is 12.9. The van der Waals surface area contributed by atoms with Gasteiger partial charge in [-0.05, 0) is 6.42 Å². The van der Waals surface area contributed by atoms with Crippen LogP contribution < -0.4 is 10.6 Å². The first-order valence-electron chi connectivity index (χ1n) is 5.80. The van der Waals surface area contributed by atoms with Gasteiger partial charge < -0.3 is 20.5 Å². The van der Waals surface area contributed by atoms with Crippen LogP contribution in [0.15, 0.2) is 12.1 Å². The van der Waals surface area contributed by atoms with E-state index >= 15 is 0 Å². The summed E-state index contributed by atoms with van der Waals surface area (Å²) in [5.74, 6) is -4.38. The minimum absolute atomic E-state index is 0.137. The van der Waals surface area contributed by atoms with Crippen molar-refractivity contribution in [3.63, 3.8) is 0 Å². The minimum atomic E-state index is -1.60. The normalized spacial score (nSPS) is 12.1. The van der Waals surface area contributed by atoms with Crippen LogP contribution in [-0.2, 0) is 4.74 Å². The van der Waals surface area contributed by atoms with E-state index in [-0.39, 0.29) is 25.3 Å². The smallest absolute Gasteiger partial charge is 0.319 e. The van der Waals surface area contributed by atoms with Gasteiger partial charge in [-0.2, -0.15) is 0 Å². The van der Waals surface area contributed by atoms with E-state index < -0.39 is 29.6 Å². The molecule has 0 aliphatic heterocycles. The van der Waals surface area contributed by atoms with Crippen molar-refractivity contribution in [1.29, 1.82) is 0 Å².